The number of pyridine rings is 1. The third-order valence-corrected chi connectivity index (χ3v) is 4.24. The molecule has 3 rings (SSSR count). The number of anilines is 1. The van der Waals surface area contributed by atoms with Crippen LogP contribution in [0.15, 0.2) is 53.3 Å². The second-order valence-electron chi connectivity index (χ2n) is 5.64. The zero-order chi connectivity index (χ0) is 18.1. The predicted octanol–water partition coefficient (Wildman–Crippen LogP) is 2.53. The number of rotatable bonds is 3. The summed E-state index contributed by atoms with van der Waals surface area (Å²) >= 11 is 0. The topological polar surface area (TPSA) is 71.8 Å². The van der Waals surface area contributed by atoms with Crippen molar-refractivity contribution in [3.63, 3.8) is 0 Å². The second-order valence-corrected chi connectivity index (χ2v) is 5.64. The van der Waals surface area contributed by atoms with Crippen molar-refractivity contribution in [2.45, 2.75) is 0 Å². The highest BCUT2D eigenvalue weighted by Crippen LogP contribution is 2.34. The van der Waals surface area contributed by atoms with Crippen LogP contribution in [0, 0.1) is 0 Å². The van der Waals surface area contributed by atoms with E-state index in [1.54, 1.807) is 56.6 Å². The molecule has 1 amide bonds. The summed E-state index contributed by atoms with van der Waals surface area (Å²) in [7, 11) is 4.59. The van der Waals surface area contributed by atoms with Crippen LogP contribution in [0.25, 0.3) is 10.9 Å². The molecule has 128 valence electrons. The molecule has 0 saturated heterocycles. The number of hydrogen-bond acceptors (Lipinski definition) is 4. The van der Waals surface area contributed by atoms with Crippen molar-refractivity contribution in [2.75, 3.05) is 19.1 Å². The Labute approximate surface area is 144 Å². The Balaban J connectivity index is 2.26. The molecule has 1 N–H and O–H groups in total. The SMILES string of the molecule is COc1cccc2c1c(O)c(C(=O)N(C)c1ccccc1)c(=O)n2C. The van der Waals surface area contributed by atoms with Gasteiger partial charge >= 0.3 is 0 Å². The van der Waals surface area contributed by atoms with Crippen molar-refractivity contribution in [2.24, 2.45) is 7.05 Å². The molecule has 0 aliphatic rings. The van der Waals surface area contributed by atoms with Gasteiger partial charge in [0.25, 0.3) is 11.5 Å². The lowest BCUT2D eigenvalue weighted by molar-refractivity contribution is 0.0988. The van der Waals surface area contributed by atoms with Crippen molar-refractivity contribution in [3.8, 4) is 11.5 Å². The van der Waals surface area contributed by atoms with Gasteiger partial charge in [-0.05, 0) is 24.3 Å². The van der Waals surface area contributed by atoms with E-state index in [1.807, 2.05) is 6.07 Å². The van der Waals surface area contributed by atoms with Crippen LogP contribution in [0.5, 0.6) is 11.5 Å². The van der Waals surface area contributed by atoms with E-state index in [0.717, 1.165) is 0 Å². The van der Waals surface area contributed by atoms with Crippen LogP contribution in [0.4, 0.5) is 5.69 Å². The molecule has 0 spiro atoms. The summed E-state index contributed by atoms with van der Waals surface area (Å²) in [4.78, 5) is 26.9. The monoisotopic (exact) mass is 338 g/mol. The van der Waals surface area contributed by atoms with E-state index < -0.39 is 11.5 Å². The summed E-state index contributed by atoms with van der Waals surface area (Å²) < 4.78 is 6.62. The number of aryl methyl sites for hydroxylation is 1. The maximum absolute atomic E-state index is 12.9. The largest absolute Gasteiger partial charge is 0.506 e. The summed E-state index contributed by atoms with van der Waals surface area (Å²) in [6.45, 7) is 0. The molecular formula is C19H18N2O4. The lowest BCUT2D eigenvalue weighted by Gasteiger charge is -2.19. The maximum atomic E-state index is 12.9. The van der Waals surface area contributed by atoms with Crippen molar-refractivity contribution in [1.29, 1.82) is 0 Å². The minimum Gasteiger partial charge on any atom is -0.506 e. The van der Waals surface area contributed by atoms with Crippen molar-refractivity contribution < 1.29 is 14.6 Å². The molecule has 0 saturated carbocycles. The molecule has 0 unspecified atom stereocenters. The third kappa shape index (κ3) is 2.61. The normalized spacial score (nSPS) is 10.7. The number of carbonyl (C=O) groups is 1. The minimum atomic E-state index is -0.586. The smallest absolute Gasteiger partial charge is 0.267 e. The Morgan fingerprint density at radius 1 is 1.12 bits per heavy atom. The molecule has 0 atom stereocenters. The fourth-order valence-electron chi connectivity index (χ4n) is 2.84. The van der Waals surface area contributed by atoms with Gasteiger partial charge in [-0.15, -0.1) is 0 Å². The first-order valence-electron chi connectivity index (χ1n) is 7.69. The van der Waals surface area contributed by atoms with Crippen molar-refractivity contribution in [1.82, 2.24) is 4.57 Å². The Morgan fingerprint density at radius 3 is 2.44 bits per heavy atom. The van der Waals surface area contributed by atoms with Gasteiger partial charge < -0.3 is 19.3 Å². The van der Waals surface area contributed by atoms with Crippen LogP contribution in [0.1, 0.15) is 10.4 Å². The predicted molar refractivity (Wildman–Crippen MR) is 96.6 cm³/mol. The lowest BCUT2D eigenvalue weighted by Crippen LogP contribution is -2.34. The van der Waals surface area contributed by atoms with E-state index in [2.05, 4.69) is 0 Å². The molecule has 0 radical (unpaired) electrons. The van der Waals surface area contributed by atoms with E-state index >= 15 is 0 Å². The fraction of sp³-hybridized carbons (Fsp3) is 0.158. The molecule has 2 aromatic carbocycles. The number of fused-ring (bicyclic) bond motifs is 1. The van der Waals surface area contributed by atoms with Crippen LogP contribution < -0.4 is 15.2 Å². The van der Waals surface area contributed by atoms with Crippen molar-refractivity contribution in [3.05, 3.63) is 64.4 Å². The fourth-order valence-corrected chi connectivity index (χ4v) is 2.84. The number of carbonyl (C=O) groups excluding carboxylic acids is 1. The van der Waals surface area contributed by atoms with Gasteiger partial charge in [-0.3, -0.25) is 9.59 Å². The number of benzene rings is 2. The molecule has 0 fully saturated rings. The molecule has 1 heterocycles. The summed E-state index contributed by atoms with van der Waals surface area (Å²) in [5, 5.41) is 11.0. The molecule has 1 aromatic heterocycles. The molecule has 3 aromatic rings. The van der Waals surface area contributed by atoms with Gasteiger partial charge in [-0.1, -0.05) is 24.3 Å². The Bertz CT molecular complexity index is 1010. The molecule has 0 aliphatic heterocycles. The van der Waals surface area contributed by atoms with Crippen molar-refractivity contribution >= 4 is 22.5 Å². The van der Waals surface area contributed by atoms with Gasteiger partial charge in [-0.2, -0.15) is 0 Å². The molecule has 6 heteroatoms. The van der Waals surface area contributed by atoms with E-state index in [-0.39, 0.29) is 11.3 Å². The Hall–Kier alpha value is -3.28. The number of hydrogen-bond donors (Lipinski definition) is 1. The average Bonchev–Trinajstić information content (AvgIpc) is 2.65. The van der Waals surface area contributed by atoms with Gasteiger partial charge in [0.15, 0.2) is 0 Å². The number of methoxy groups -OCH3 is 1. The van der Waals surface area contributed by atoms with Crippen LogP contribution in [-0.4, -0.2) is 29.7 Å². The summed E-state index contributed by atoms with van der Waals surface area (Å²) in [5.41, 5.74) is 0.256. The van der Waals surface area contributed by atoms with E-state index in [4.69, 9.17) is 4.74 Å². The second kappa shape index (κ2) is 6.32. The van der Waals surface area contributed by atoms with Crippen LogP contribution in [0.2, 0.25) is 0 Å². The quantitative estimate of drug-likeness (QED) is 0.796. The lowest BCUT2D eigenvalue weighted by atomic mass is 10.1. The number of amides is 1. The standard InChI is InChI=1S/C19H18N2O4/c1-20(12-8-5-4-6-9-12)18(23)16-17(22)15-13(21(2)19(16)24)10-7-11-14(15)25-3/h4-11,22H,1-3H3. The van der Waals surface area contributed by atoms with Gasteiger partial charge in [0.1, 0.15) is 17.1 Å². The maximum Gasteiger partial charge on any atom is 0.267 e. The number of ether oxygens (including phenoxy) is 1. The summed E-state index contributed by atoms with van der Waals surface area (Å²) in [6.07, 6.45) is 0. The molecule has 25 heavy (non-hydrogen) atoms. The summed E-state index contributed by atoms with van der Waals surface area (Å²) in [5.74, 6) is -0.567. The van der Waals surface area contributed by atoms with Crippen LogP contribution in [0.3, 0.4) is 0 Å². The number of aromatic nitrogens is 1. The third-order valence-electron chi connectivity index (χ3n) is 4.24. The van der Waals surface area contributed by atoms with E-state index in [9.17, 15) is 14.7 Å². The molecular weight excluding hydrogens is 320 g/mol. The first-order valence-corrected chi connectivity index (χ1v) is 7.69. The van der Waals surface area contributed by atoms with Crippen LogP contribution in [-0.2, 0) is 7.05 Å². The molecule has 0 aliphatic carbocycles. The van der Waals surface area contributed by atoms with Gasteiger partial charge in [0.05, 0.1) is 18.0 Å². The zero-order valence-corrected chi connectivity index (χ0v) is 14.2. The van der Waals surface area contributed by atoms with Gasteiger partial charge in [0.2, 0.25) is 0 Å². The number of nitrogens with zero attached hydrogens (tertiary/aromatic N) is 2. The minimum absolute atomic E-state index is 0.286. The highest BCUT2D eigenvalue weighted by molar-refractivity contribution is 6.10. The first kappa shape index (κ1) is 16.6. The zero-order valence-electron chi connectivity index (χ0n) is 14.2. The highest BCUT2D eigenvalue weighted by atomic mass is 16.5. The van der Waals surface area contributed by atoms with Gasteiger partial charge in [0, 0.05) is 19.8 Å². The van der Waals surface area contributed by atoms with Gasteiger partial charge in [-0.25, -0.2) is 0 Å². The number of aromatic hydroxyl groups is 1. The van der Waals surface area contributed by atoms with Crippen LogP contribution >= 0.6 is 0 Å². The van der Waals surface area contributed by atoms with E-state index in [1.165, 1.54) is 16.6 Å². The Kier molecular flexibility index (Phi) is 4.19. The number of para-hydroxylation sites is 1. The first-order chi connectivity index (χ1) is 12.0. The molecule has 0 bridgehead atoms. The average molecular weight is 338 g/mol. The van der Waals surface area contributed by atoms with E-state index in [0.29, 0.717) is 22.3 Å². The Morgan fingerprint density at radius 2 is 1.80 bits per heavy atom. The highest BCUT2D eigenvalue weighted by Gasteiger charge is 2.26. The molecule has 6 nitrogen and oxygen atoms in total. The summed E-state index contributed by atoms with van der Waals surface area (Å²) in [6, 6.07) is 14.0.